The third-order valence-electron chi connectivity index (χ3n) is 5.24. The van der Waals surface area contributed by atoms with Crippen LogP contribution in [0.4, 0.5) is 5.69 Å². The normalized spacial score (nSPS) is 28.4. The van der Waals surface area contributed by atoms with Crippen molar-refractivity contribution in [3.05, 3.63) is 39.9 Å². The summed E-state index contributed by atoms with van der Waals surface area (Å²) in [5, 5.41) is 11.1. The van der Waals surface area contributed by atoms with E-state index in [-0.39, 0.29) is 35.7 Å². The number of nitrogens with zero attached hydrogens (tertiary/aromatic N) is 2. The molecule has 0 spiro atoms. The number of quaternary nitrogens is 1. The van der Waals surface area contributed by atoms with Crippen molar-refractivity contribution < 1.29 is 23.7 Å². The van der Waals surface area contributed by atoms with Gasteiger partial charge in [-0.15, -0.1) is 0 Å². The summed E-state index contributed by atoms with van der Waals surface area (Å²) in [6, 6.07) is 6.07. The van der Waals surface area contributed by atoms with E-state index in [1.54, 1.807) is 12.1 Å². The van der Waals surface area contributed by atoms with Gasteiger partial charge in [-0.25, -0.2) is 0 Å². The number of hydrogen-bond acceptors (Lipinski definition) is 5. The zero-order valence-electron chi connectivity index (χ0n) is 13.6. The van der Waals surface area contributed by atoms with E-state index in [1.165, 1.54) is 19.1 Å². The number of carbonyl (C=O) groups excluding carboxylic acids is 2. The Bertz CT molecular complexity index is 679. The molecule has 1 atom stereocenters. The molecule has 128 valence electrons. The maximum atomic E-state index is 12.7. The molecule has 3 fully saturated rings. The fourth-order valence-corrected chi connectivity index (χ4v) is 4.05. The number of ketones is 1. The van der Waals surface area contributed by atoms with Crippen LogP contribution in [0.5, 0.6) is 0 Å². The summed E-state index contributed by atoms with van der Waals surface area (Å²) >= 11 is 0. The van der Waals surface area contributed by atoms with Crippen molar-refractivity contribution in [3.63, 3.8) is 0 Å². The van der Waals surface area contributed by atoms with E-state index < -0.39 is 4.92 Å². The fourth-order valence-electron chi connectivity index (χ4n) is 4.05. The molecular formula is C17H21N2O5+. The van der Waals surface area contributed by atoms with Gasteiger partial charge in [-0.3, -0.25) is 19.7 Å². The predicted molar refractivity (Wildman–Crippen MR) is 85.4 cm³/mol. The van der Waals surface area contributed by atoms with E-state index in [9.17, 15) is 19.7 Å². The lowest BCUT2D eigenvalue weighted by Crippen LogP contribution is -2.65. The topological polar surface area (TPSA) is 86.5 Å². The highest BCUT2D eigenvalue weighted by molar-refractivity contribution is 6.00. The van der Waals surface area contributed by atoms with E-state index >= 15 is 0 Å². The quantitative estimate of drug-likeness (QED) is 0.270. The van der Waals surface area contributed by atoms with Crippen LogP contribution in [0.25, 0.3) is 0 Å². The van der Waals surface area contributed by atoms with Crippen LogP contribution in [0.1, 0.15) is 30.1 Å². The molecule has 7 heteroatoms. The standard InChI is InChI=1S/C17H21N2O5/c1-12(20)24-17-11-19(8-6-13(17)7-9-19)10-16(21)14-4-2-3-5-15(14)18(22)23/h2-5,13,17H,6-11H2,1H3/q+1/t13?,17-,19?/m0/s1. The number of nitro groups is 1. The smallest absolute Gasteiger partial charge is 0.303 e. The van der Waals surface area contributed by atoms with Crippen LogP contribution in [-0.2, 0) is 9.53 Å². The maximum absolute atomic E-state index is 12.7. The predicted octanol–water partition coefficient (Wildman–Crippen LogP) is 1.95. The minimum atomic E-state index is -0.517. The molecule has 1 aromatic rings. The number of para-hydroxylation sites is 1. The highest BCUT2D eigenvalue weighted by Crippen LogP contribution is 2.36. The summed E-state index contributed by atoms with van der Waals surface area (Å²) in [5.74, 6) is -0.142. The molecule has 3 heterocycles. The average molecular weight is 333 g/mol. The Kier molecular flexibility index (Phi) is 4.36. The van der Waals surface area contributed by atoms with Crippen LogP contribution in [0.2, 0.25) is 0 Å². The van der Waals surface area contributed by atoms with Gasteiger partial charge in [0.05, 0.1) is 18.0 Å². The van der Waals surface area contributed by atoms with Crippen molar-refractivity contribution in [1.29, 1.82) is 0 Å². The van der Waals surface area contributed by atoms with E-state index in [0.717, 1.165) is 25.9 Å². The van der Waals surface area contributed by atoms with Gasteiger partial charge in [-0.05, 0) is 6.07 Å². The highest BCUT2D eigenvalue weighted by atomic mass is 16.6. The van der Waals surface area contributed by atoms with Crippen molar-refractivity contribution in [3.8, 4) is 0 Å². The zero-order chi connectivity index (χ0) is 17.3. The number of hydrogen-bond donors (Lipinski definition) is 0. The van der Waals surface area contributed by atoms with E-state index in [1.807, 2.05) is 0 Å². The molecule has 3 aliphatic rings. The Balaban J connectivity index is 1.79. The first-order valence-electron chi connectivity index (χ1n) is 8.19. The monoisotopic (exact) mass is 333 g/mol. The largest absolute Gasteiger partial charge is 0.456 e. The summed E-state index contributed by atoms with van der Waals surface area (Å²) in [6.45, 7) is 3.95. The Labute approximate surface area is 139 Å². The van der Waals surface area contributed by atoms with E-state index in [4.69, 9.17) is 4.74 Å². The number of fused-ring (bicyclic) bond motifs is 3. The first kappa shape index (κ1) is 16.6. The molecule has 0 unspecified atom stereocenters. The number of benzene rings is 1. The second kappa shape index (κ2) is 6.32. The number of Topliss-reactive ketones (excluding diaryl/α,β-unsaturated/α-hetero) is 1. The highest BCUT2D eigenvalue weighted by Gasteiger charge is 2.48. The summed E-state index contributed by atoms with van der Waals surface area (Å²) in [7, 11) is 0. The lowest BCUT2D eigenvalue weighted by atomic mass is 9.82. The van der Waals surface area contributed by atoms with Crippen LogP contribution in [0.3, 0.4) is 0 Å². The maximum Gasteiger partial charge on any atom is 0.303 e. The third-order valence-corrected chi connectivity index (χ3v) is 5.24. The first-order chi connectivity index (χ1) is 11.4. The molecule has 3 saturated heterocycles. The number of ether oxygens (including phenoxy) is 1. The molecule has 0 aromatic heterocycles. The molecule has 0 aliphatic carbocycles. The minimum absolute atomic E-state index is 0.149. The van der Waals surface area contributed by atoms with Gasteiger partial charge in [-0.2, -0.15) is 0 Å². The Morgan fingerprint density at radius 3 is 2.58 bits per heavy atom. The number of piperidine rings is 3. The van der Waals surface area contributed by atoms with Crippen LogP contribution in [0, 0.1) is 16.0 Å². The lowest BCUT2D eigenvalue weighted by Gasteiger charge is -2.51. The Morgan fingerprint density at radius 1 is 1.29 bits per heavy atom. The molecular weight excluding hydrogens is 312 g/mol. The van der Waals surface area contributed by atoms with Crippen LogP contribution in [0.15, 0.2) is 24.3 Å². The summed E-state index contributed by atoms with van der Waals surface area (Å²) < 4.78 is 5.98. The Hall–Kier alpha value is -2.28. The van der Waals surface area contributed by atoms with Gasteiger partial charge in [0, 0.05) is 31.7 Å². The number of esters is 1. The molecule has 0 saturated carbocycles. The SMILES string of the molecule is CC(=O)O[C@H]1C[N+]2(CC(=O)c3ccccc3[N+](=O)[O-])CCC1CC2. The molecule has 4 rings (SSSR count). The second-order valence-electron chi connectivity index (χ2n) is 6.81. The zero-order valence-corrected chi connectivity index (χ0v) is 13.6. The summed E-state index contributed by atoms with van der Waals surface area (Å²) in [4.78, 5) is 34.6. The van der Waals surface area contributed by atoms with Gasteiger partial charge in [0.2, 0.25) is 5.78 Å². The third kappa shape index (κ3) is 3.17. The van der Waals surface area contributed by atoms with Crippen LogP contribution >= 0.6 is 0 Å². The number of carbonyl (C=O) groups is 2. The lowest BCUT2D eigenvalue weighted by molar-refractivity contribution is -0.938. The van der Waals surface area contributed by atoms with Crippen LogP contribution < -0.4 is 0 Å². The van der Waals surface area contributed by atoms with Gasteiger partial charge in [0.15, 0.2) is 6.10 Å². The van der Waals surface area contributed by atoms with Gasteiger partial charge < -0.3 is 9.22 Å². The molecule has 1 aromatic carbocycles. The summed E-state index contributed by atoms with van der Waals surface area (Å²) in [5.41, 5.74) is 0.0101. The molecule has 0 radical (unpaired) electrons. The van der Waals surface area contributed by atoms with Gasteiger partial charge >= 0.3 is 5.97 Å². The van der Waals surface area contributed by atoms with Crippen LogP contribution in [-0.4, -0.2) is 53.4 Å². The minimum Gasteiger partial charge on any atom is -0.456 e. The molecule has 0 amide bonds. The first-order valence-corrected chi connectivity index (χ1v) is 8.19. The van der Waals surface area contributed by atoms with Crippen molar-refractivity contribution in [1.82, 2.24) is 0 Å². The van der Waals surface area contributed by atoms with Crippen molar-refractivity contribution in [2.24, 2.45) is 5.92 Å². The van der Waals surface area contributed by atoms with Gasteiger partial charge in [0.1, 0.15) is 18.7 Å². The average Bonchev–Trinajstić information content (AvgIpc) is 2.55. The van der Waals surface area contributed by atoms with Gasteiger partial charge in [-0.1, -0.05) is 12.1 Å². The Morgan fingerprint density at radius 2 is 1.96 bits per heavy atom. The van der Waals surface area contributed by atoms with E-state index in [2.05, 4.69) is 0 Å². The molecule has 24 heavy (non-hydrogen) atoms. The molecule has 0 N–H and O–H groups in total. The van der Waals surface area contributed by atoms with Crippen molar-refractivity contribution >= 4 is 17.4 Å². The molecule has 7 nitrogen and oxygen atoms in total. The number of nitro benzene ring substituents is 1. The van der Waals surface area contributed by atoms with Gasteiger partial charge in [0.25, 0.3) is 5.69 Å². The fraction of sp³-hybridized carbons (Fsp3) is 0.529. The summed E-state index contributed by atoms with van der Waals surface area (Å²) in [6.07, 6.45) is 1.69. The second-order valence-corrected chi connectivity index (χ2v) is 6.81. The van der Waals surface area contributed by atoms with Crippen molar-refractivity contribution in [2.75, 3.05) is 26.2 Å². The number of rotatable bonds is 5. The molecule has 3 aliphatic heterocycles. The van der Waals surface area contributed by atoms with Crippen molar-refractivity contribution in [2.45, 2.75) is 25.9 Å². The molecule has 2 bridgehead atoms. The van der Waals surface area contributed by atoms with E-state index in [0.29, 0.717) is 16.9 Å².